The predicted octanol–water partition coefficient (Wildman–Crippen LogP) is 2.14. The Morgan fingerprint density at radius 3 is 3.00 bits per heavy atom. The van der Waals surface area contributed by atoms with E-state index in [-0.39, 0.29) is 0 Å². The minimum absolute atomic E-state index is 0.518. The van der Waals surface area contributed by atoms with E-state index in [4.69, 9.17) is 10.5 Å². The van der Waals surface area contributed by atoms with Gasteiger partial charge in [-0.3, -0.25) is 0 Å². The molecule has 12 heavy (non-hydrogen) atoms. The van der Waals surface area contributed by atoms with Crippen molar-refractivity contribution in [3.05, 3.63) is 36.4 Å². The molecule has 0 spiro atoms. The molecule has 0 amide bonds. The minimum atomic E-state index is 0.518. The Morgan fingerprint density at radius 1 is 1.58 bits per heavy atom. The van der Waals surface area contributed by atoms with Gasteiger partial charge in [-0.15, -0.1) is 0 Å². The van der Waals surface area contributed by atoms with Crippen LogP contribution in [0.3, 0.4) is 0 Å². The fourth-order valence-electron chi connectivity index (χ4n) is 0.921. The third-order valence-corrected chi connectivity index (χ3v) is 1.57. The molecule has 0 aliphatic rings. The van der Waals surface area contributed by atoms with Gasteiger partial charge in [0.1, 0.15) is 12.4 Å². The zero-order chi connectivity index (χ0) is 8.97. The van der Waals surface area contributed by atoms with Gasteiger partial charge in [0.15, 0.2) is 0 Å². The molecule has 0 radical (unpaired) electrons. The van der Waals surface area contributed by atoms with Crippen LogP contribution < -0.4 is 10.5 Å². The van der Waals surface area contributed by atoms with Crippen LogP contribution in [0.25, 0.3) is 0 Å². The number of ether oxygens (including phenoxy) is 1. The first kappa shape index (κ1) is 8.65. The van der Waals surface area contributed by atoms with E-state index in [0.29, 0.717) is 6.61 Å². The van der Waals surface area contributed by atoms with E-state index in [1.54, 1.807) is 6.08 Å². The fourth-order valence-corrected chi connectivity index (χ4v) is 0.921. The summed E-state index contributed by atoms with van der Waals surface area (Å²) in [4.78, 5) is 0. The average molecular weight is 163 g/mol. The Balaban J connectivity index is 2.82. The van der Waals surface area contributed by atoms with Crippen LogP contribution in [-0.2, 0) is 0 Å². The van der Waals surface area contributed by atoms with Crippen molar-refractivity contribution in [2.24, 2.45) is 0 Å². The van der Waals surface area contributed by atoms with Gasteiger partial charge in [-0.25, -0.2) is 0 Å². The van der Waals surface area contributed by atoms with Crippen LogP contribution in [0.1, 0.15) is 5.56 Å². The molecule has 2 heteroatoms. The molecule has 0 fully saturated rings. The molecule has 0 saturated heterocycles. The maximum Gasteiger partial charge on any atom is 0.124 e. The molecule has 1 aromatic carbocycles. The van der Waals surface area contributed by atoms with Crippen molar-refractivity contribution in [1.82, 2.24) is 0 Å². The summed E-state index contributed by atoms with van der Waals surface area (Å²) in [5, 5.41) is 0. The maximum absolute atomic E-state index is 5.59. The molecule has 0 atom stereocenters. The normalized spacial score (nSPS) is 9.42. The third-order valence-electron chi connectivity index (χ3n) is 1.57. The van der Waals surface area contributed by atoms with E-state index in [1.807, 2.05) is 25.1 Å². The highest BCUT2D eigenvalue weighted by molar-refractivity contribution is 5.47. The molecule has 0 aromatic heterocycles. The van der Waals surface area contributed by atoms with Gasteiger partial charge in [0, 0.05) is 11.8 Å². The molecule has 1 rings (SSSR count). The van der Waals surface area contributed by atoms with Crippen LogP contribution in [-0.4, -0.2) is 6.61 Å². The third kappa shape index (κ3) is 2.02. The summed E-state index contributed by atoms with van der Waals surface area (Å²) in [6.45, 7) is 6.07. The SMILES string of the molecule is C=CCOc1cc(N)ccc1C. The van der Waals surface area contributed by atoms with Crippen LogP contribution in [0.2, 0.25) is 0 Å². The highest BCUT2D eigenvalue weighted by atomic mass is 16.5. The number of anilines is 1. The van der Waals surface area contributed by atoms with Crippen molar-refractivity contribution in [1.29, 1.82) is 0 Å². The molecule has 0 aliphatic heterocycles. The molecular weight excluding hydrogens is 150 g/mol. The summed E-state index contributed by atoms with van der Waals surface area (Å²) in [5.41, 5.74) is 7.40. The highest BCUT2D eigenvalue weighted by Gasteiger charge is 1.97. The number of hydrogen-bond acceptors (Lipinski definition) is 2. The highest BCUT2D eigenvalue weighted by Crippen LogP contribution is 2.20. The molecule has 0 aliphatic carbocycles. The molecule has 2 N–H and O–H groups in total. The number of benzene rings is 1. The second kappa shape index (κ2) is 3.81. The summed E-state index contributed by atoms with van der Waals surface area (Å²) in [6.07, 6.45) is 1.71. The minimum Gasteiger partial charge on any atom is -0.489 e. The quantitative estimate of drug-likeness (QED) is 0.547. The number of nitrogens with two attached hydrogens (primary N) is 1. The van der Waals surface area contributed by atoms with Crippen LogP contribution in [0.4, 0.5) is 5.69 Å². The Bertz CT molecular complexity index is 281. The summed E-state index contributed by atoms with van der Waals surface area (Å²) >= 11 is 0. The van der Waals surface area contributed by atoms with Crippen molar-refractivity contribution in [2.45, 2.75) is 6.92 Å². The topological polar surface area (TPSA) is 35.2 Å². The Hall–Kier alpha value is -1.44. The number of nitrogen functional groups attached to an aromatic ring is 1. The summed E-state index contributed by atoms with van der Waals surface area (Å²) in [6, 6.07) is 5.61. The lowest BCUT2D eigenvalue weighted by Gasteiger charge is -2.06. The van der Waals surface area contributed by atoms with Gasteiger partial charge < -0.3 is 10.5 Å². The first-order valence-corrected chi connectivity index (χ1v) is 3.84. The summed E-state index contributed by atoms with van der Waals surface area (Å²) in [7, 11) is 0. The second-order valence-corrected chi connectivity index (χ2v) is 2.62. The van der Waals surface area contributed by atoms with Gasteiger partial charge in [0.2, 0.25) is 0 Å². The predicted molar refractivity (Wildman–Crippen MR) is 51.3 cm³/mol. The van der Waals surface area contributed by atoms with E-state index in [2.05, 4.69) is 6.58 Å². The van der Waals surface area contributed by atoms with Crippen LogP contribution >= 0.6 is 0 Å². The average Bonchev–Trinajstić information content (AvgIpc) is 2.07. The molecule has 64 valence electrons. The maximum atomic E-state index is 5.59. The van der Waals surface area contributed by atoms with Gasteiger partial charge >= 0.3 is 0 Å². The van der Waals surface area contributed by atoms with E-state index < -0.39 is 0 Å². The number of hydrogen-bond donors (Lipinski definition) is 1. The lowest BCUT2D eigenvalue weighted by molar-refractivity contribution is 0.361. The van der Waals surface area contributed by atoms with Crippen LogP contribution in [0.15, 0.2) is 30.9 Å². The van der Waals surface area contributed by atoms with Crippen LogP contribution in [0, 0.1) is 6.92 Å². The lowest BCUT2D eigenvalue weighted by atomic mass is 10.2. The monoisotopic (exact) mass is 163 g/mol. The zero-order valence-corrected chi connectivity index (χ0v) is 7.21. The zero-order valence-electron chi connectivity index (χ0n) is 7.21. The molecule has 0 bridgehead atoms. The van der Waals surface area contributed by atoms with Crippen molar-refractivity contribution < 1.29 is 4.74 Å². The lowest BCUT2D eigenvalue weighted by Crippen LogP contribution is -1.96. The van der Waals surface area contributed by atoms with E-state index in [0.717, 1.165) is 17.0 Å². The standard InChI is InChI=1S/C10H13NO/c1-3-6-12-10-7-9(11)5-4-8(10)2/h3-5,7H,1,6,11H2,2H3. The Kier molecular flexibility index (Phi) is 2.75. The molecular formula is C10H13NO. The van der Waals surface area contributed by atoms with Crippen molar-refractivity contribution in [3.63, 3.8) is 0 Å². The van der Waals surface area contributed by atoms with Gasteiger partial charge in [-0.05, 0) is 18.6 Å². The van der Waals surface area contributed by atoms with Crippen LogP contribution in [0.5, 0.6) is 5.75 Å². The van der Waals surface area contributed by atoms with Crippen molar-refractivity contribution in [3.8, 4) is 5.75 Å². The first-order chi connectivity index (χ1) is 5.74. The van der Waals surface area contributed by atoms with Gasteiger partial charge in [0.05, 0.1) is 0 Å². The number of aryl methyl sites for hydroxylation is 1. The van der Waals surface area contributed by atoms with E-state index in [1.165, 1.54) is 0 Å². The first-order valence-electron chi connectivity index (χ1n) is 3.84. The number of rotatable bonds is 3. The van der Waals surface area contributed by atoms with Gasteiger partial charge in [-0.1, -0.05) is 18.7 Å². The van der Waals surface area contributed by atoms with Crippen molar-refractivity contribution in [2.75, 3.05) is 12.3 Å². The van der Waals surface area contributed by atoms with E-state index in [9.17, 15) is 0 Å². The van der Waals surface area contributed by atoms with Gasteiger partial charge in [0.25, 0.3) is 0 Å². The molecule has 0 heterocycles. The summed E-state index contributed by atoms with van der Waals surface area (Å²) in [5.74, 6) is 0.829. The molecule has 1 aromatic rings. The van der Waals surface area contributed by atoms with Crippen molar-refractivity contribution >= 4 is 5.69 Å². The Labute approximate surface area is 72.7 Å². The largest absolute Gasteiger partial charge is 0.489 e. The molecule has 0 unspecified atom stereocenters. The van der Waals surface area contributed by atoms with Gasteiger partial charge in [-0.2, -0.15) is 0 Å². The molecule has 2 nitrogen and oxygen atoms in total. The van der Waals surface area contributed by atoms with E-state index >= 15 is 0 Å². The second-order valence-electron chi connectivity index (χ2n) is 2.62. The molecule has 0 saturated carbocycles. The smallest absolute Gasteiger partial charge is 0.124 e. The summed E-state index contributed by atoms with van der Waals surface area (Å²) < 4.78 is 5.37. The fraction of sp³-hybridized carbons (Fsp3) is 0.200. The Morgan fingerprint density at radius 2 is 2.33 bits per heavy atom.